The Morgan fingerprint density at radius 2 is 1.83 bits per heavy atom. The van der Waals surface area contributed by atoms with Crippen LogP contribution in [0.25, 0.3) is 22.2 Å². The van der Waals surface area contributed by atoms with Crippen molar-refractivity contribution in [2.24, 2.45) is 5.92 Å². The number of halogens is 1. The van der Waals surface area contributed by atoms with Gasteiger partial charge in [-0.2, -0.15) is 0 Å². The van der Waals surface area contributed by atoms with Crippen molar-refractivity contribution >= 4 is 27.7 Å². The van der Waals surface area contributed by atoms with Gasteiger partial charge >= 0.3 is 0 Å². The van der Waals surface area contributed by atoms with Gasteiger partial charge in [0.25, 0.3) is 5.24 Å². The number of aromatic nitrogens is 1. The molecule has 0 bridgehead atoms. The van der Waals surface area contributed by atoms with Gasteiger partial charge in [-0.25, -0.2) is 4.98 Å². The molecule has 0 unspecified atom stereocenters. The number of rotatable bonds is 5. The number of fused-ring (bicyclic) bond motifs is 1. The minimum absolute atomic E-state index is 0.470. The monoisotopic (exact) mass is 339 g/mol. The first-order chi connectivity index (χ1) is 11.5. The summed E-state index contributed by atoms with van der Waals surface area (Å²) in [7, 11) is 0. The number of nitrogens with zero attached hydrogens (tertiary/aromatic N) is 1. The quantitative estimate of drug-likeness (QED) is 0.591. The van der Waals surface area contributed by atoms with Crippen molar-refractivity contribution < 1.29 is 9.53 Å². The average Bonchev–Trinajstić information content (AvgIpc) is 2.59. The largest absolute Gasteiger partial charge is 0.493 e. The fourth-order valence-corrected chi connectivity index (χ4v) is 2.63. The van der Waals surface area contributed by atoms with Crippen LogP contribution in [0, 0.1) is 5.92 Å². The van der Waals surface area contributed by atoms with Crippen molar-refractivity contribution in [1.29, 1.82) is 0 Å². The Morgan fingerprint density at radius 1 is 1.12 bits per heavy atom. The molecular formula is C20H18ClNO2. The van der Waals surface area contributed by atoms with Crippen LogP contribution in [0.1, 0.15) is 24.2 Å². The molecule has 3 aromatic rings. The van der Waals surface area contributed by atoms with Gasteiger partial charge in [-0.1, -0.05) is 32.0 Å². The van der Waals surface area contributed by atoms with Crippen LogP contribution in [-0.2, 0) is 0 Å². The van der Waals surface area contributed by atoms with Crippen molar-refractivity contribution in [3.8, 4) is 17.0 Å². The van der Waals surface area contributed by atoms with E-state index in [1.165, 1.54) is 0 Å². The average molecular weight is 340 g/mol. The van der Waals surface area contributed by atoms with E-state index in [1.807, 2.05) is 48.5 Å². The Morgan fingerprint density at radius 3 is 2.50 bits per heavy atom. The molecule has 4 heteroatoms. The molecular weight excluding hydrogens is 322 g/mol. The Labute approximate surface area is 146 Å². The maximum atomic E-state index is 11.8. The summed E-state index contributed by atoms with van der Waals surface area (Å²) in [6.45, 7) is 4.90. The van der Waals surface area contributed by atoms with Gasteiger partial charge in [0.15, 0.2) is 0 Å². The van der Waals surface area contributed by atoms with Gasteiger partial charge < -0.3 is 4.74 Å². The number of hydrogen-bond acceptors (Lipinski definition) is 3. The highest BCUT2D eigenvalue weighted by atomic mass is 35.5. The molecule has 3 nitrogen and oxygen atoms in total. The number of carbonyl (C=O) groups excluding carboxylic acids is 1. The molecule has 122 valence electrons. The summed E-state index contributed by atoms with van der Waals surface area (Å²) >= 11 is 5.75. The van der Waals surface area contributed by atoms with Crippen molar-refractivity contribution in [3.63, 3.8) is 0 Å². The van der Waals surface area contributed by atoms with Crippen molar-refractivity contribution in [1.82, 2.24) is 4.98 Å². The highest BCUT2D eigenvalue weighted by molar-refractivity contribution is 6.68. The Kier molecular flexibility index (Phi) is 4.81. The number of hydrogen-bond donors (Lipinski definition) is 0. The molecule has 24 heavy (non-hydrogen) atoms. The van der Waals surface area contributed by atoms with E-state index in [0.29, 0.717) is 23.8 Å². The molecule has 0 aliphatic heterocycles. The van der Waals surface area contributed by atoms with Crippen LogP contribution in [0.2, 0.25) is 0 Å². The fraction of sp³-hybridized carbons (Fsp3) is 0.200. The topological polar surface area (TPSA) is 39.2 Å². The molecule has 1 heterocycles. The van der Waals surface area contributed by atoms with E-state index in [4.69, 9.17) is 16.3 Å². The van der Waals surface area contributed by atoms with E-state index in [2.05, 4.69) is 18.8 Å². The Hall–Kier alpha value is -2.39. The maximum absolute atomic E-state index is 11.8. The predicted octanol–water partition coefficient (Wildman–Crippen LogP) is 5.32. The SMILES string of the molecule is CC(C)COc1ccc(-c2cc(C(=O)Cl)c3ccccc3n2)cc1. The summed E-state index contributed by atoms with van der Waals surface area (Å²) in [4.78, 5) is 16.4. The van der Waals surface area contributed by atoms with Gasteiger partial charge in [-0.3, -0.25) is 4.79 Å². The number of benzene rings is 2. The molecule has 0 aliphatic rings. The molecule has 0 N–H and O–H groups in total. The number of pyridine rings is 1. The lowest BCUT2D eigenvalue weighted by atomic mass is 10.0. The fourth-order valence-electron chi connectivity index (χ4n) is 2.47. The van der Waals surface area contributed by atoms with Crippen LogP contribution in [0.4, 0.5) is 0 Å². The maximum Gasteiger partial charge on any atom is 0.253 e. The molecule has 0 aliphatic carbocycles. The highest BCUT2D eigenvalue weighted by Gasteiger charge is 2.12. The second-order valence-corrected chi connectivity index (χ2v) is 6.42. The van der Waals surface area contributed by atoms with E-state index >= 15 is 0 Å². The predicted molar refractivity (Wildman–Crippen MR) is 97.7 cm³/mol. The number of ether oxygens (including phenoxy) is 1. The first-order valence-corrected chi connectivity index (χ1v) is 8.25. The van der Waals surface area contributed by atoms with Gasteiger partial charge in [-0.15, -0.1) is 0 Å². The third-order valence-corrected chi connectivity index (χ3v) is 3.86. The molecule has 0 fully saturated rings. The zero-order valence-corrected chi connectivity index (χ0v) is 14.4. The Bertz CT molecular complexity index is 872. The van der Waals surface area contributed by atoms with Crippen molar-refractivity contribution in [2.75, 3.05) is 6.61 Å². The smallest absolute Gasteiger partial charge is 0.253 e. The van der Waals surface area contributed by atoms with Crippen molar-refractivity contribution in [2.45, 2.75) is 13.8 Å². The summed E-state index contributed by atoms with van der Waals surface area (Å²) in [5.41, 5.74) is 2.85. The van der Waals surface area contributed by atoms with Gasteiger partial charge in [0, 0.05) is 16.5 Å². The van der Waals surface area contributed by atoms with Crippen molar-refractivity contribution in [3.05, 3.63) is 60.2 Å². The van der Waals surface area contributed by atoms with Gasteiger partial charge in [0.1, 0.15) is 5.75 Å². The molecule has 0 saturated heterocycles. The number of para-hydroxylation sites is 1. The van der Waals surface area contributed by atoms with Crippen LogP contribution in [0.3, 0.4) is 0 Å². The molecule has 0 spiro atoms. The third-order valence-electron chi connectivity index (χ3n) is 3.66. The lowest BCUT2D eigenvalue weighted by Gasteiger charge is -2.10. The van der Waals surface area contributed by atoms with Gasteiger partial charge in [0.05, 0.1) is 17.8 Å². The second kappa shape index (κ2) is 7.02. The molecule has 0 radical (unpaired) electrons. The van der Waals surface area contributed by atoms with E-state index in [0.717, 1.165) is 22.2 Å². The highest BCUT2D eigenvalue weighted by Crippen LogP contribution is 2.27. The third kappa shape index (κ3) is 3.57. The lowest BCUT2D eigenvalue weighted by molar-refractivity contribution is 0.108. The van der Waals surface area contributed by atoms with Crippen LogP contribution in [-0.4, -0.2) is 16.8 Å². The Balaban J connectivity index is 1.98. The summed E-state index contributed by atoms with van der Waals surface area (Å²) in [6.07, 6.45) is 0. The van der Waals surface area contributed by atoms with E-state index in [9.17, 15) is 4.79 Å². The van der Waals surface area contributed by atoms with Gasteiger partial charge in [-0.05, 0) is 53.9 Å². The molecule has 0 amide bonds. The van der Waals surface area contributed by atoms with Crippen LogP contribution < -0.4 is 4.74 Å². The minimum atomic E-state index is -0.480. The summed E-state index contributed by atoms with van der Waals surface area (Å²) < 4.78 is 5.69. The summed E-state index contributed by atoms with van der Waals surface area (Å²) in [6, 6.07) is 16.9. The van der Waals surface area contributed by atoms with Gasteiger partial charge in [0.2, 0.25) is 0 Å². The first kappa shape index (κ1) is 16.5. The van der Waals surface area contributed by atoms with Crippen LogP contribution in [0.5, 0.6) is 5.75 Å². The standard InChI is InChI=1S/C20H18ClNO2/c1-13(2)12-24-15-9-7-14(8-10-15)19-11-17(20(21)23)16-5-3-4-6-18(16)22-19/h3-11,13H,12H2,1-2H3. The molecule has 3 rings (SSSR count). The zero-order valence-electron chi connectivity index (χ0n) is 13.6. The van der Waals surface area contributed by atoms with E-state index < -0.39 is 5.24 Å². The zero-order chi connectivity index (χ0) is 17.1. The second-order valence-electron chi connectivity index (χ2n) is 6.08. The minimum Gasteiger partial charge on any atom is -0.493 e. The molecule has 0 atom stereocenters. The van der Waals surface area contributed by atoms with E-state index in [1.54, 1.807) is 6.07 Å². The van der Waals surface area contributed by atoms with Crippen LogP contribution >= 0.6 is 11.6 Å². The normalized spacial score (nSPS) is 11.0. The first-order valence-electron chi connectivity index (χ1n) is 7.87. The summed E-state index contributed by atoms with van der Waals surface area (Å²) in [5, 5.41) is 0.282. The number of carbonyl (C=O) groups is 1. The molecule has 2 aromatic carbocycles. The van der Waals surface area contributed by atoms with E-state index in [-0.39, 0.29) is 0 Å². The summed E-state index contributed by atoms with van der Waals surface area (Å²) in [5.74, 6) is 1.30. The van der Waals surface area contributed by atoms with Crippen LogP contribution in [0.15, 0.2) is 54.6 Å². The lowest BCUT2D eigenvalue weighted by Crippen LogP contribution is -2.04. The molecule has 0 saturated carbocycles. The molecule has 1 aromatic heterocycles.